The number of carbonyl (C=O) groups is 2. The standard InChI is InChI=1S/C18H20N2O3S/c1-12(16-8-5-9-24-16)19(2)10-13(21)11-20-17(22)14-6-3-4-7-15(14)18(20)23/h3-9,12-13,21H,10-11H2,1-2H3/t12-,13-/m1/s1. The first-order chi connectivity index (χ1) is 11.5. The zero-order valence-electron chi connectivity index (χ0n) is 13.7. The first-order valence-electron chi connectivity index (χ1n) is 7.86. The number of aliphatic hydroxyl groups excluding tert-OH is 1. The highest BCUT2D eigenvalue weighted by Crippen LogP contribution is 2.25. The molecule has 2 aromatic rings. The molecule has 1 N–H and O–H groups in total. The number of likely N-dealkylation sites (N-methyl/N-ethyl adjacent to an activating group) is 1. The number of carbonyl (C=O) groups excluding carboxylic acids is 2. The second kappa shape index (κ2) is 6.84. The van der Waals surface area contributed by atoms with Crippen molar-refractivity contribution >= 4 is 23.2 Å². The van der Waals surface area contributed by atoms with Gasteiger partial charge in [0.1, 0.15) is 0 Å². The van der Waals surface area contributed by atoms with Crippen molar-refractivity contribution in [3.63, 3.8) is 0 Å². The quantitative estimate of drug-likeness (QED) is 0.818. The molecule has 0 bridgehead atoms. The van der Waals surface area contributed by atoms with E-state index in [-0.39, 0.29) is 24.4 Å². The van der Waals surface area contributed by atoms with Gasteiger partial charge in [-0.25, -0.2) is 0 Å². The Bertz CT molecular complexity index is 709. The SMILES string of the molecule is C[C@H](c1cccs1)N(C)C[C@@H](O)CN1C(=O)c2ccccc2C1=O. The molecule has 3 rings (SSSR count). The van der Waals surface area contributed by atoms with Crippen molar-refractivity contribution in [2.24, 2.45) is 0 Å². The molecule has 0 fully saturated rings. The average Bonchev–Trinajstić information content (AvgIpc) is 3.18. The highest BCUT2D eigenvalue weighted by molar-refractivity contribution is 7.10. The van der Waals surface area contributed by atoms with Crippen LogP contribution in [-0.2, 0) is 0 Å². The molecule has 0 saturated carbocycles. The number of aliphatic hydroxyl groups is 1. The monoisotopic (exact) mass is 344 g/mol. The molecule has 1 aromatic carbocycles. The minimum absolute atomic E-state index is 0.00778. The van der Waals surface area contributed by atoms with Crippen molar-refractivity contribution in [3.05, 3.63) is 57.8 Å². The molecular weight excluding hydrogens is 324 g/mol. The van der Waals surface area contributed by atoms with Gasteiger partial charge in [0.2, 0.25) is 0 Å². The maximum Gasteiger partial charge on any atom is 0.261 e. The van der Waals surface area contributed by atoms with Gasteiger partial charge in [-0.3, -0.25) is 19.4 Å². The zero-order chi connectivity index (χ0) is 17.3. The normalized spacial score (nSPS) is 16.6. The lowest BCUT2D eigenvalue weighted by molar-refractivity contribution is 0.0467. The van der Waals surface area contributed by atoms with E-state index in [0.717, 1.165) is 4.90 Å². The van der Waals surface area contributed by atoms with E-state index in [1.54, 1.807) is 35.6 Å². The largest absolute Gasteiger partial charge is 0.390 e. The summed E-state index contributed by atoms with van der Waals surface area (Å²) in [7, 11) is 1.93. The van der Waals surface area contributed by atoms with E-state index in [1.807, 2.05) is 23.4 Å². The molecular formula is C18H20N2O3S. The van der Waals surface area contributed by atoms with Crippen LogP contribution >= 0.6 is 11.3 Å². The summed E-state index contributed by atoms with van der Waals surface area (Å²) in [5, 5.41) is 12.4. The lowest BCUT2D eigenvalue weighted by Crippen LogP contribution is -2.42. The summed E-state index contributed by atoms with van der Waals surface area (Å²) in [5.41, 5.74) is 0.824. The van der Waals surface area contributed by atoms with E-state index in [2.05, 4.69) is 13.0 Å². The highest BCUT2D eigenvalue weighted by atomic mass is 32.1. The summed E-state index contributed by atoms with van der Waals surface area (Å²) in [6.07, 6.45) is -0.792. The number of thiophene rings is 1. The first-order valence-corrected chi connectivity index (χ1v) is 8.74. The van der Waals surface area contributed by atoms with Crippen molar-refractivity contribution in [1.82, 2.24) is 9.80 Å². The Morgan fingerprint density at radius 1 is 1.12 bits per heavy atom. The Morgan fingerprint density at radius 2 is 1.75 bits per heavy atom. The Morgan fingerprint density at radius 3 is 2.29 bits per heavy atom. The van der Waals surface area contributed by atoms with Crippen LogP contribution < -0.4 is 0 Å². The summed E-state index contributed by atoms with van der Waals surface area (Å²) in [6.45, 7) is 2.46. The van der Waals surface area contributed by atoms with E-state index in [9.17, 15) is 14.7 Å². The maximum absolute atomic E-state index is 12.3. The number of hydrogen-bond acceptors (Lipinski definition) is 5. The molecule has 1 aliphatic heterocycles. The van der Waals surface area contributed by atoms with Crippen LogP contribution in [-0.4, -0.2) is 53.0 Å². The van der Waals surface area contributed by atoms with Crippen molar-refractivity contribution in [2.45, 2.75) is 19.1 Å². The van der Waals surface area contributed by atoms with Gasteiger partial charge in [-0.15, -0.1) is 11.3 Å². The van der Waals surface area contributed by atoms with Crippen LogP contribution in [0.5, 0.6) is 0 Å². The van der Waals surface area contributed by atoms with Gasteiger partial charge in [0.05, 0.1) is 23.8 Å². The summed E-state index contributed by atoms with van der Waals surface area (Å²) >= 11 is 1.67. The number of hydrogen-bond donors (Lipinski definition) is 1. The molecule has 0 radical (unpaired) electrons. The van der Waals surface area contributed by atoms with Crippen LogP contribution in [0.25, 0.3) is 0 Å². The van der Waals surface area contributed by atoms with Gasteiger partial charge in [-0.1, -0.05) is 18.2 Å². The fourth-order valence-electron chi connectivity index (χ4n) is 2.91. The predicted octanol–water partition coefficient (Wildman–Crippen LogP) is 2.40. The molecule has 126 valence electrons. The highest BCUT2D eigenvalue weighted by Gasteiger charge is 2.36. The molecule has 1 aliphatic rings. The van der Waals surface area contributed by atoms with Crippen LogP contribution in [0.3, 0.4) is 0 Å². The summed E-state index contributed by atoms with van der Waals surface area (Å²) < 4.78 is 0. The number of imide groups is 1. The number of benzene rings is 1. The van der Waals surface area contributed by atoms with Crippen LogP contribution in [0.15, 0.2) is 41.8 Å². The minimum Gasteiger partial charge on any atom is -0.390 e. The molecule has 2 atom stereocenters. The van der Waals surface area contributed by atoms with Crippen LogP contribution in [0.4, 0.5) is 0 Å². The smallest absolute Gasteiger partial charge is 0.261 e. The van der Waals surface area contributed by atoms with Crippen molar-refractivity contribution in [1.29, 1.82) is 0 Å². The molecule has 0 aliphatic carbocycles. The molecule has 2 heterocycles. The predicted molar refractivity (Wildman–Crippen MR) is 93.2 cm³/mol. The third-order valence-electron chi connectivity index (χ3n) is 4.39. The van der Waals surface area contributed by atoms with Gasteiger partial charge in [-0.2, -0.15) is 0 Å². The first kappa shape index (κ1) is 16.8. The Kier molecular flexibility index (Phi) is 4.80. The molecule has 0 saturated heterocycles. The van der Waals surface area contributed by atoms with Gasteiger partial charge >= 0.3 is 0 Å². The third kappa shape index (κ3) is 3.13. The van der Waals surface area contributed by atoms with E-state index in [4.69, 9.17) is 0 Å². The number of fused-ring (bicyclic) bond motifs is 1. The number of nitrogens with zero attached hydrogens (tertiary/aromatic N) is 2. The summed E-state index contributed by atoms with van der Waals surface area (Å²) in [6, 6.07) is 11.0. The van der Waals surface area contributed by atoms with E-state index < -0.39 is 6.10 Å². The number of β-amino-alcohol motifs (C(OH)–C–C–N with tert-alkyl or cyclic N) is 1. The lowest BCUT2D eigenvalue weighted by atomic mass is 10.1. The molecule has 24 heavy (non-hydrogen) atoms. The Labute approximate surface area is 145 Å². The molecule has 1 aromatic heterocycles. The number of rotatable bonds is 6. The fraction of sp³-hybridized carbons (Fsp3) is 0.333. The van der Waals surface area contributed by atoms with Crippen molar-refractivity contribution < 1.29 is 14.7 Å². The topological polar surface area (TPSA) is 60.9 Å². The average molecular weight is 344 g/mol. The second-order valence-electron chi connectivity index (χ2n) is 6.05. The van der Waals surface area contributed by atoms with Gasteiger partial charge in [-0.05, 0) is 37.6 Å². The van der Waals surface area contributed by atoms with E-state index >= 15 is 0 Å². The molecule has 6 heteroatoms. The molecule has 2 amide bonds. The van der Waals surface area contributed by atoms with Gasteiger partial charge in [0.25, 0.3) is 11.8 Å². The summed E-state index contributed by atoms with van der Waals surface area (Å²) in [5.74, 6) is -0.660. The third-order valence-corrected chi connectivity index (χ3v) is 5.43. The molecule has 5 nitrogen and oxygen atoms in total. The zero-order valence-corrected chi connectivity index (χ0v) is 14.5. The van der Waals surface area contributed by atoms with Gasteiger partial charge in [0, 0.05) is 17.5 Å². The van der Waals surface area contributed by atoms with E-state index in [0.29, 0.717) is 17.7 Å². The van der Waals surface area contributed by atoms with Crippen molar-refractivity contribution in [3.8, 4) is 0 Å². The molecule has 0 unspecified atom stereocenters. The van der Waals surface area contributed by atoms with Crippen LogP contribution in [0, 0.1) is 0 Å². The molecule has 0 spiro atoms. The van der Waals surface area contributed by atoms with Crippen molar-refractivity contribution in [2.75, 3.05) is 20.1 Å². The second-order valence-corrected chi connectivity index (χ2v) is 7.03. The van der Waals surface area contributed by atoms with E-state index in [1.165, 1.54) is 4.88 Å². The van der Waals surface area contributed by atoms with Gasteiger partial charge in [0.15, 0.2) is 0 Å². The number of amides is 2. The lowest BCUT2D eigenvalue weighted by Gasteiger charge is -2.27. The minimum atomic E-state index is -0.792. The summed E-state index contributed by atoms with van der Waals surface area (Å²) in [4.78, 5) is 29.0. The van der Waals surface area contributed by atoms with Crippen LogP contribution in [0.2, 0.25) is 0 Å². The maximum atomic E-state index is 12.3. The van der Waals surface area contributed by atoms with Gasteiger partial charge < -0.3 is 5.11 Å². The Balaban J connectivity index is 1.62. The fourth-order valence-corrected chi connectivity index (χ4v) is 3.76. The van der Waals surface area contributed by atoms with Crippen LogP contribution in [0.1, 0.15) is 38.6 Å². The Hall–Kier alpha value is -2.02.